The van der Waals surface area contributed by atoms with E-state index in [1.54, 1.807) is 24.3 Å². The van der Waals surface area contributed by atoms with Gasteiger partial charge in [-0.25, -0.2) is 4.79 Å². The van der Waals surface area contributed by atoms with Crippen LogP contribution >= 0.6 is 11.6 Å². The molecule has 0 aliphatic heterocycles. The molecule has 0 aromatic heterocycles. The third-order valence-electron chi connectivity index (χ3n) is 1.75. The van der Waals surface area contributed by atoms with Gasteiger partial charge in [-0.3, -0.25) is 0 Å². The second-order valence-corrected chi connectivity index (χ2v) is 4.26. The highest BCUT2D eigenvalue weighted by Crippen LogP contribution is 2.15. The summed E-state index contributed by atoms with van der Waals surface area (Å²) in [6.07, 6.45) is 0. The van der Waals surface area contributed by atoms with Gasteiger partial charge in [-0.1, -0.05) is 25.4 Å². The fourth-order valence-corrected chi connectivity index (χ4v) is 1.10. The van der Waals surface area contributed by atoms with Crippen molar-refractivity contribution in [2.24, 2.45) is 5.92 Å². The number of esters is 1. The molecule has 0 radical (unpaired) electrons. The van der Waals surface area contributed by atoms with Crippen molar-refractivity contribution < 1.29 is 14.3 Å². The normalized spacial score (nSPS) is 10.2. The fraction of sp³-hybridized carbons (Fsp3) is 0.417. The summed E-state index contributed by atoms with van der Waals surface area (Å²) < 4.78 is 10.2. The van der Waals surface area contributed by atoms with E-state index in [0.29, 0.717) is 23.3 Å². The van der Waals surface area contributed by atoms with Crippen molar-refractivity contribution in [1.82, 2.24) is 0 Å². The monoisotopic (exact) mass is 242 g/mol. The first kappa shape index (κ1) is 12.8. The van der Waals surface area contributed by atoms with Gasteiger partial charge in [0.15, 0.2) is 6.61 Å². The van der Waals surface area contributed by atoms with Gasteiger partial charge in [0.05, 0.1) is 6.61 Å². The summed E-state index contributed by atoms with van der Waals surface area (Å²) in [4.78, 5) is 11.2. The van der Waals surface area contributed by atoms with Gasteiger partial charge >= 0.3 is 5.97 Å². The number of rotatable bonds is 5. The topological polar surface area (TPSA) is 35.5 Å². The van der Waals surface area contributed by atoms with Crippen molar-refractivity contribution in [1.29, 1.82) is 0 Å². The molecule has 0 heterocycles. The molecule has 0 bridgehead atoms. The van der Waals surface area contributed by atoms with Crippen LogP contribution in [0.1, 0.15) is 13.8 Å². The highest BCUT2D eigenvalue weighted by Gasteiger charge is 2.05. The molecule has 88 valence electrons. The van der Waals surface area contributed by atoms with Crippen LogP contribution in [0.4, 0.5) is 0 Å². The Hall–Kier alpha value is -1.22. The van der Waals surface area contributed by atoms with Crippen LogP contribution in [-0.4, -0.2) is 19.2 Å². The van der Waals surface area contributed by atoms with E-state index in [1.165, 1.54) is 0 Å². The minimum absolute atomic E-state index is 0.0750. The van der Waals surface area contributed by atoms with Gasteiger partial charge in [-0.05, 0) is 30.2 Å². The van der Waals surface area contributed by atoms with Crippen molar-refractivity contribution >= 4 is 17.6 Å². The molecule has 0 aliphatic rings. The lowest BCUT2D eigenvalue weighted by atomic mass is 10.2. The lowest BCUT2D eigenvalue weighted by molar-refractivity contribution is -0.147. The first-order chi connectivity index (χ1) is 7.58. The van der Waals surface area contributed by atoms with E-state index in [-0.39, 0.29) is 12.6 Å². The molecule has 0 saturated carbocycles. The zero-order valence-corrected chi connectivity index (χ0v) is 10.2. The number of hydrogen-bond donors (Lipinski definition) is 0. The number of benzene rings is 1. The standard InChI is InChI=1S/C12H15ClO3/c1-9(2)7-16-12(14)8-15-11-5-3-10(13)4-6-11/h3-6,9H,7-8H2,1-2H3. The quantitative estimate of drug-likeness (QED) is 0.745. The van der Waals surface area contributed by atoms with E-state index in [9.17, 15) is 4.79 Å². The number of carbonyl (C=O) groups is 1. The zero-order chi connectivity index (χ0) is 12.0. The molecule has 0 saturated heterocycles. The zero-order valence-electron chi connectivity index (χ0n) is 9.40. The molecule has 0 N–H and O–H groups in total. The van der Waals surface area contributed by atoms with Gasteiger partial charge in [0, 0.05) is 5.02 Å². The van der Waals surface area contributed by atoms with Crippen molar-refractivity contribution in [3.05, 3.63) is 29.3 Å². The third kappa shape index (κ3) is 5.03. The molecule has 1 rings (SSSR count). The highest BCUT2D eigenvalue weighted by atomic mass is 35.5. The van der Waals surface area contributed by atoms with Crippen LogP contribution in [0.25, 0.3) is 0 Å². The van der Waals surface area contributed by atoms with Crippen molar-refractivity contribution in [2.75, 3.05) is 13.2 Å². The summed E-state index contributed by atoms with van der Waals surface area (Å²) in [5, 5.41) is 0.634. The molecular weight excluding hydrogens is 228 g/mol. The van der Waals surface area contributed by atoms with Crippen LogP contribution in [0.3, 0.4) is 0 Å². The second kappa shape index (κ2) is 6.38. The molecule has 3 nitrogen and oxygen atoms in total. The number of ether oxygens (including phenoxy) is 2. The molecule has 0 unspecified atom stereocenters. The van der Waals surface area contributed by atoms with Gasteiger partial charge in [-0.2, -0.15) is 0 Å². The van der Waals surface area contributed by atoms with E-state index in [0.717, 1.165) is 0 Å². The van der Waals surface area contributed by atoms with Crippen molar-refractivity contribution in [2.45, 2.75) is 13.8 Å². The van der Waals surface area contributed by atoms with Gasteiger partial charge < -0.3 is 9.47 Å². The Morgan fingerprint density at radius 2 is 1.94 bits per heavy atom. The largest absolute Gasteiger partial charge is 0.482 e. The summed E-state index contributed by atoms with van der Waals surface area (Å²) in [6, 6.07) is 6.82. The Labute approximate surface area is 100 Å². The third-order valence-corrected chi connectivity index (χ3v) is 2.00. The lowest BCUT2D eigenvalue weighted by Crippen LogP contribution is -2.17. The predicted octanol–water partition coefficient (Wildman–Crippen LogP) is 2.92. The van der Waals surface area contributed by atoms with Crippen molar-refractivity contribution in [3.8, 4) is 5.75 Å². The minimum Gasteiger partial charge on any atom is -0.482 e. The van der Waals surface area contributed by atoms with Gasteiger partial charge in [0.1, 0.15) is 5.75 Å². The Morgan fingerprint density at radius 3 is 2.50 bits per heavy atom. The first-order valence-electron chi connectivity index (χ1n) is 5.12. The van der Waals surface area contributed by atoms with E-state index in [2.05, 4.69) is 0 Å². The minimum atomic E-state index is -0.358. The number of carbonyl (C=O) groups excluding carboxylic acids is 1. The fourth-order valence-electron chi connectivity index (χ4n) is 0.974. The Morgan fingerprint density at radius 1 is 1.31 bits per heavy atom. The highest BCUT2D eigenvalue weighted by molar-refractivity contribution is 6.30. The smallest absolute Gasteiger partial charge is 0.344 e. The Bertz CT molecular complexity index is 333. The molecule has 0 aliphatic carbocycles. The summed E-state index contributed by atoms with van der Waals surface area (Å²) in [5.74, 6) is 0.578. The summed E-state index contributed by atoms with van der Waals surface area (Å²) in [7, 11) is 0. The maximum atomic E-state index is 11.2. The lowest BCUT2D eigenvalue weighted by Gasteiger charge is -2.08. The molecule has 1 aromatic carbocycles. The van der Waals surface area contributed by atoms with Gasteiger partial charge in [0.2, 0.25) is 0 Å². The van der Waals surface area contributed by atoms with E-state index >= 15 is 0 Å². The Balaban J connectivity index is 2.29. The molecule has 16 heavy (non-hydrogen) atoms. The molecule has 1 aromatic rings. The molecule has 4 heteroatoms. The summed E-state index contributed by atoms with van der Waals surface area (Å²) in [5.41, 5.74) is 0. The van der Waals surface area contributed by atoms with Crippen LogP contribution in [0.5, 0.6) is 5.75 Å². The van der Waals surface area contributed by atoms with Crippen LogP contribution in [-0.2, 0) is 9.53 Å². The molecule has 0 spiro atoms. The maximum absolute atomic E-state index is 11.2. The average Bonchev–Trinajstić information content (AvgIpc) is 2.25. The second-order valence-electron chi connectivity index (χ2n) is 3.82. The summed E-state index contributed by atoms with van der Waals surface area (Å²) >= 11 is 5.71. The van der Waals surface area contributed by atoms with Gasteiger partial charge in [-0.15, -0.1) is 0 Å². The number of halogens is 1. The van der Waals surface area contributed by atoms with E-state index in [4.69, 9.17) is 21.1 Å². The van der Waals surface area contributed by atoms with Gasteiger partial charge in [0.25, 0.3) is 0 Å². The first-order valence-corrected chi connectivity index (χ1v) is 5.49. The van der Waals surface area contributed by atoms with Crippen LogP contribution in [0.15, 0.2) is 24.3 Å². The Kier molecular flexibility index (Phi) is 5.12. The maximum Gasteiger partial charge on any atom is 0.344 e. The van der Waals surface area contributed by atoms with E-state index in [1.807, 2.05) is 13.8 Å². The molecule has 0 amide bonds. The molecule has 0 fully saturated rings. The van der Waals surface area contributed by atoms with Crippen LogP contribution in [0.2, 0.25) is 5.02 Å². The predicted molar refractivity (Wildman–Crippen MR) is 62.7 cm³/mol. The van der Waals surface area contributed by atoms with Crippen molar-refractivity contribution in [3.63, 3.8) is 0 Å². The molecule has 0 atom stereocenters. The number of hydrogen-bond acceptors (Lipinski definition) is 3. The summed E-state index contributed by atoms with van der Waals surface area (Å²) in [6.45, 7) is 4.30. The van der Waals surface area contributed by atoms with Crippen LogP contribution < -0.4 is 4.74 Å². The average molecular weight is 243 g/mol. The van der Waals surface area contributed by atoms with Crippen LogP contribution in [0, 0.1) is 5.92 Å². The molecular formula is C12H15ClO3. The SMILES string of the molecule is CC(C)COC(=O)COc1ccc(Cl)cc1. The van der Waals surface area contributed by atoms with E-state index < -0.39 is 0 Å².